The van der Waals surface area contributed by atoms with Crippen LogP contribution in [0.5, 0.6) is 5.75 Å². The minimum atomic E-state index is 0.0258. The predicted octanol–water partition coefficient (Wildman–Crippen LogP) is 3.04. The van der Waals surface area contributed by atoms with Crippen molar-refractivity contribution < 1.29 is 9.47 Å². The molecule has 1 unspecified atom stereocenters. The first-order valence-electron chi connectivity index (χ1n) is 6.72. The Morgan fingerprint density at radius 2 is 1.94 bits per heavy atom. The largest absolute Gasteiger partial charge is 0.494 e. The third kappa shape index (κ3) is 2.85. The van der Waals surface area contributed by atoms with E-state index in [0.717, 1.165) is 30.6 Å². The zero-order valence-corrected chi connectivity index (χ0v) is 11.3. The first-order valence-corrected chi connectivity index (χ1v) is 6.72. The van der Waals surface area contributed by atoms with Crippen LogP contribution in [0.4, 0.5) is 0 Å². The van der Waals surface area contributed by atoms with Gasteiger partial charge in [-0.05, 0) is 50.3 Å². The quantitative estimate of drug-likeness (QED) is 0.842. The molecule has 0 amide bonds. The monoisotopic (exact) mass is 249 g/mol. The Morgan fingerprint density at radius 1 is 1.28 bits per heavy atom. The summed E-state index contributed by atoms with van der Waals surface area (Å²) in [5.74, 6) is 0.901. The topological polar surface area (TPSA) is 44.5 Å². The Balaban J connectivity index is 1.97. The van der Waals surface area contributed by atoms with Gasteiger partial charge in [-0.2, -0.15) is 0 Å². The molecular formula is C15H23NO2. The van der Waals surface area contributed by atoms with Gasteiger partial charge in [-0.25, -0.2) is 0 Å². The van der Waals surface area contributed by atoms with E-state index >= 15 is 0 Å². The molecule has 1 atom stereocenters. The molecule has 0 aliphatic heterocycles. The van der Waals surface area contributed by atoms with Crippen molar-refractivity contribution in [2.24, 2.45) is 5.73 Å². The molecule has 100 valence electrons. The summed E-state index contributed by atoms with van der Waals surface area (Å²) in [6.45, 7) is 2.68. The number of hydrogen-bond donors (Lipinski definition) is 1. The molecule has 0 saturated heterocycles. The lowest BCUT2D eigenvalue weighted by Gasteiger charge is -2.42. The molecule has 0 aromatic heterocycles. The SMILES string of the molecule is CCOc1ccc(C(N)CC2(OC)CCC2)cc1. The molecule has 1 fully saturated rings. The van der Waals surface area contributed by atoms with Crippen LogP contribution in [0.25, 0.3) is 0 Å². The van der Waals surface area contributed by atoms with Gasteiger partial charge in [0.2, 0.25) is 0 Å². The summed E-state index contributed by atoms with van der Waals surface area (Å²) in [4.78, 5) is 0. The minimum Gasteiger partial charge on any atom is -0.494 e. The Kier molecular flexibility index (Phi) is 4.25. The highest BCUT2D eigenvalue weighted by Gasteiger charge is 2.38. The molecule has 3 heteroatoms. The van der Waals surface area contributed by atoms with Gasteiger partial charge in [0.1, 0.15) is 5.75 Å². The van der Waals surface area contributed by atoms with E-state index in [0.29, 0.717) is 6.61 Å². The fourth-order valence-electron chi connectivity index (χ4n) is 2.56. The van der Waals surface area contributed by atoms with Crippen molar-refractivity contribution >= 4 is 0 Å². The minimum absolute atomic E-state index is 0.0258. The third-order valence-electron chi connectivity index (χ3n) is 3.91. The molecule has 1 aliphatic carbocycles. The molecule has 0 heterocycles. The summed E-state index contributed by atoms with van der Waals surface area (Å²) in [5, 5.41) is 0. The maximum absolute atomic E-state index is 6.27. The average Bonchev–Trinajstić information content (AvgIpc) is 2.35. The van der Waals surface area contributed by atoms with Gasteiger partial charge in [-0.1, -0.05) is 12.1 Å². The second-order valence-electron chi connectivity index (χ2n) is 5.05. The van der Waals surface area contributed by atoms with Crippen LogP contribution in [-0.2, 0) is 4.74 Å². The third-order valence-corrected chi connectivity index (χ3v) is 3.91. The Labute approximate surface area is 109 Å². The molecule has 1 aromatic carbocycles. The van der Waals surface area contributed by atoms with Crippen LogP contribution in [0.2, 0.25) is 0 Å². The Hall–Kier alpha value is -1.06. The number of rotatable bonds is 6. The van der Waals surface area contributed by atoms with E-state index < -0.39 is 0 Å². The van der Waals surface area contributed by atoms with E-state index in [9.17, 15) is 0 Å². The highest BCUT2D eigenvalue weighted by molar-refractivity contribution is 5.29. The molecule has 0 radical (unpaired) electrons. The van der Waals surface area contributed by atoms with Crippen molar-refractivity contribution in [1.82, 2.24) is 0 Å². The number of hydrogen-bond acceptors (Lipinski definition) is 3. The second kappa shape index (κ2) is 5.72. The highest BCUT2D eigenvalue weighted by Crippen LogP contribution is 2.41. The van der Waals surface area contributed by atoms with Crippen LogP contribution >= 0.6 is 0 Å². The van der Waals surface area contributed by atoms with Gasteiger partial charge in [0, 0.05) is 13.2 Å². The lowest BCUT2D eigenvalue weighted by Crippen LogP contribution is -2.41. The van der Waals surface area contributed by atoms with Gasteiger partial charge in [0.25, 0.3) is 0 Å². The van der Waals surface area contributed by atoms with Gasteiger partial charge in [0.15, 0.2) is 0 Å². The zero-order chi connectivity index (χ0) is 13.0. The molecule has 2 N–H and O–H groups in total. The molecule has 0 bridgehead atoms. The average molecular weight is 249 g/mol. The molecule has 3 nitrogen and oxygen atoms in total. The standard InChI is InChI=1S/C15H23NO2/c1-3-18-13-7-5-12(6-8-13)14(16)11-15(17-2)9-4-10-15/h5-8,14H,3-4,9-11,16H2,1-2H3. The molecule has 1 aliphatic rings. The van der Waals surface area contributed by atoms with Crippen molar-refractivity contribution in [3.63, 3.8) is 0 Å². The van der Waals surface area contributed by atoms with Crippen LogP contribution < -0.4 is 10.5 Å². The Bertz CT molecular complexity index is 365. The number of benzene rings is 1. The maximum atomic E-state index is 6.27. The van der Waals surface area contributed by atoms with Crippen molar-refractivity contribution in [2.75, 3.05) is 13.7 Å². The van der Waals surface area contributed by atoms with Gasteiger partial charge in [0.05, 0.1) is 12.2 Å². The molecule has 2 rings (SSSR count). The normalized spacial score (nSPS) is 19.1. The van der Waals surface area contributed by atoms with Crippen LogP contribution in [0.1, 0.15) is 44.2 Å². The first-order chi connectivity index (χ1) is 8.69. The van der Waals surface area contributed by atoms with Crippen LogP contribution in [0.15, 0.2) is 24.3 Å². The second-order valence-corrected chi connectivity index (χ2v) is 5.05. The van der Waals surface area contributed by atoms with Crippen LogP contribution in [0, 0.1) is 0 Å². The van der Waals surface area contributed by atoms with Gasteiger partial charge >= 0.3 is 0 Å². The fourth-order valence-corrected chi connectivity index (χ4v) is 2.56. The highest BCUT2D eigenvalue weighted by atomic mass is 16.5. The van der Waals surface area contributed by atoms with Crippen LogP contribution in [-0.4, -0.2) is 19.3 Å². The summed E-state index contributed by atoms with van der Waals surface area (Å²) in [6.07, 6.45) is 4.42. The summed E-state index contributed by atoms with van der Waals surface area (Å²) >= 11 is 0. The van der Waals surface area contributed by atoms with E-state index in [4.69, 9.17) is 15.2 Å². The van der Waals surface area contributed by atoms with Crippen molar-refractivity contribution in [2.45, 2.75) is 44.2 Å². The molecular weight excluding hydrogens is 226 g/mol. The summed E-state index contributed by atoms with van der Waals surface area (Å²) < 4.78 is 11.1. The van der Waals surface area contributed by atoms with Gasteiger partial charge in [-0.15, -0.1) is 0 Å². The van der Waals surface area contributed by atoms with E-state index in [-0.39, 0.29) is 11.6 Å². The lowest BCUT2D eigenvalue weighted by atomic mass is 9.75. The number of methoxy groups -OCH3 is 1. The van der Waals surface area contributed by atoms with Crippen molar-refractivity contribution in [3.8, 4) is 5.75 Å². The van der Waals surface area contributed by atoms with E-state index in [1.807, 2.05) is 19.1 Å². The number of ether oxygens (including phenoxy) is 2. The van der Waals surface area contributed by atoms with Crippen LogP contribution in [0.3, 0.4) is 0 Å². The van der Waals surface area contributed by atoms with Gasteiger partial charge < -0.3 is 15.2 Å². The van der Waals surface area contributed by atoms with E-state index in [2.05, 4.69) is 12.1 Å². The molecule has 1 aromatic rings. The van der Waals surface area contributed by atoms with Crippen molar-refractivity contribution in [1.29, 1.82) is 0 Å². The summed E-state index contributed by atoms with van der Waals surface area (Å²) in [6, 6.07) is 8.12. The summed E-state index contributed by atoms with van der Waals surface area (Å²) in [5.41, 5.74) is 7.45. The molecule has 1 saturated carbocycles. The zero-order valence-electron chi connectivity index (χ0n) is 11.3. The predicted molar refractivity (Wildman–Crippen MR) is 72.7 cm³/mol. The first kappa shape index (κ1) is 13.4. The molecule has 18 heavy (non-hydrogen) atoms. The summed E-state index contributed by atoms with van der Waals surface area (Å²) in [7, 11) is 1.80. The fraction of sp³-hybridized carbons (Fsp3) is 0.600. The molecule has 0 spiro atoms. The smallest absolute Gasteiger partial charge is 0.119 e. The lowest BCUT2D eigenvalue weighted by molar-refractivity contribution is -0.0816. The van der Waals surface area contributed by atoms with E-state index in [1.165, 1.54) is 6.42 Å². The maximum Gasteiger partial charge on any atom is 0.119 e. The number of nitrogens with two attached hydrogens (primary N) is 1. The van der Waals surface area contributed by atoms with E-state index in [1.54, 1.807) is 7.11 Å². The Morgan fingerprint density at radius 3 is 2.39 bits per heavy atom. The van der Waals surface area contributed by atoms with Gasteiger partial charge in [-0.3, -0.25) is 0 Å². The van der Waals surface area contributed by atoms with Crippen molar-refractivity contribution in [3.05, 3.63) is 29.8 Å².